The molecule has 4 saturated heterocycles. The second-order valence-corrected chi connectivity index (χ2v) is 11.6. The molecule has 0 spiro atoms. The topological polar surface area (TPSA) is 127 Å². The summed E-state index contributed by atoms with van der Waals surface area (Å²) >= 11 is 0. The van der Waals surface area contributed by atoms with Gasteiger partial charge in [0.25, 0.3) is 0 Å². The highest BCUT2D eigenvalue weighted by atomic mass is 16.8. The SMILES string of the molecule is C=C(C)C(=O)C1OC(=C)[C@@H]2OC(C)(C3CCOC3=O)O[C@]2(C)[C@@H](O)[C@H]1C1COC(C)(C(CC)C(=O)OC)C1. The summed E-state index contributed by atoms with van der Waals surface area (Å²) in [6.07, 6.45) is -2.10. The van der Waals surface area contributed by atoms with Crippen molar-refractivity contribution >= 4 is 17.7 Å². The van der Waals surface area contributed by atoms with E-state index < -0.39 is 64.9 Å². The highest BCUT2D eigenvalue weighted by Crippen LogP contribution is 2.53. The molecule has 4 fully saturated rings. The lowest BCUT2D eigenvalue weighted by atomic mass is 9.71. The predicted molar refractivity (Wildman–Crippen MR) is 133 cm³/mol. The molecule has 4 aliphatic heterocycles. The molecule has 0 aromatic carbocycles. The van der Waals surface area contributed by atoms with Gasteiger partial charge in [0, 0.05) is 12.3 Å². The lowest BCUT2D eigenvalue weighted by Crippen LogP contribution is -2.55. The number of ether oxygens (including phenoxy) is 6. The van der Waals surface area contributed by atoms with Gasteiger partial charge in [-0.25, -0.2) is 0 Å². The van der Waals surface area contributed by atoms with Gasteiger partial charge in [0.2, 0.25) is 0 Å². The summed E-state index contributed by atoms with van der Waals surface area (Å²) in [6.45, 7) is 16.9. The fourth-order valence-corrected chi connectivity index (χ4v) is 6.83. The third kappa shape index (κ3) is 4.49. The predicted octanol–water partition coefficient (Wildman–Crippen LogP) is 2.47. The van der Waals surface area contributed by atoms with Gasteiger partial charge in [0.05, 0.1) is 37.9 Å². The van der Waals surface area contributed by atoms with E-state index in [-0.39, 0.29) is 36.3 Å². The smallest absolute Gasteiger partial charge is 0.314 e. The van der Waals surface area contributed by atoms with Crippen LogP contribution < -0.4 is 0 Å². The Morgan fingerprint density at radius 1 is 1.26 bits per heavy atom. The van der Waals surface area contributed by atoms with Crippen LogP contribution in [0.5, 0.6) is 0 Å². The molecule has 0 saturated carbocycles. The van der Waals surface area contributed by atoms with Crippen molar-refractivity contribution in [1.29, 1.82) is 0 Å². The summed E-state index contributed by atoms with van der Waals surface area (Å²) in [4.78, 5) is 38.4. The maximum absolute atomic E-state index is 13.4. The van der Waals surface area contributed by atoms with E-state index in [1.807, 2.05) is 13.8 Å². The number of aliphatic hydroxyl groups excluding tert-OH is 1. The van der Waals surface area contributed by atoms with Crippen LogP contribution in [0.3, 0.4) is 0 Å². The number of aliphatic hydroxyl groups is 1. The van der Waals surface area contributed by atoms with Gasteiger partial charge in [-0.1, -0.05) is 20.1 Å². The first-order valence-corrected chi connectivity index (χ1v) is 13.2. The van der Waals surface area contributed by atoms with Gasteiger partial charge in [0.15, 0.2) is 17.7 Å². The Kier molecular flexibility index (Phi) is 7.59. The number of esters is 2. The van der Waals surface area contributed by atoms with E-state index >= 15 is 0 Å². The Hall–Kier alpha value is -2.27. The fourth-order valence-electron chi connectivity index (χ4n) is 6.83. The zero-order chi connectivity index (χ0) is 28.2. The number of fused-ring (bicyclic) bond motifs is 1. The number of cyclic esters (lactones) is 1. The first kappa shape index (κ1) is 28.7. The fraction of sp³-hybridized carbons (Fsp3) is 0.750. The zero-order valence-electron chi connectivity index (χ0n) is 23.1. The number of hydrogen-bond acceptors (Lipinski definition) is 10. The normalized spacial score (nSPS) is 43.6. The van der Waals surface area contributed by atoms with Crippen molar-refractivity contribution < 1.29 is 47.9 Å². The number of methoxy groups -OCH3 is 1. The minimum atomic E-state index is -1.41. The standard InChI is InChI=1S/C28H40O10/c1-9-17(24(31)33-8)26(5)12-16(13-35-26)19-21(20(29)14(2)3)36-15(4)23-27(6,22(19)30)38-28(7,37-23)18-10-11-34-25(18)32/h16-19,21-23,30H,2,4,9-13H2,1,3,5-8H3/t16?,17?,18?,19-,21?,22-,23-,26?,27+,28?/m0/s1. The van der Waals surface area contributed by atoms with E-state index in [1.165, 1.54) is 7.11 Å². The van der Waals surface area contributed by atoms with Gasteiger partial charge >= 0.3 is 11.9 Å². The first-order valence-electron chi connectivity index (χ1n) is 13.2. The van der Waals surface area contributed by atoms with Crippen LogP contribution in [0.15, 0.2) is 24.5 Å². The van der Waals surface area contributed by atoms with E-state index in [1.54, 1.807) is 20.8 Å². The summed E-state index contributed by atoms with van der Waals surface area (Å²) in [6, 6.07) is 0. The van der Waals surface area contributed by atoms with Crippen LogP contribution in [-0.2, 0) is 42.8 Å². The number of rotatable bonds is 7. The zero-order valence-corrected chi connectivity index (χ0v) is 23.1. The van der Waals surface area contributed by atoms with Crippen LogP contribution in [0.25, 0.3) is 0 Å². The Bertz CT molecular complexity index is 1020. The number of carbonyl (C=O) groups is 3. The molecule has 0 aliphatic carbocycles. The molecule has 38 heavy (non-hydrogen) atoms. The Balaban J connectivity index is 1.72. The number of ketones is 1. The number of Topliss-reactive ketones (excluding diaryl/α,β-unsaturated/α-hetero) is 1. The van der Waals surface area contributed by atoms with Crippen LogP contribution in [0.2, 0.25) is 0 Å². The molecular formula is C28H40O10. The molecule has 4 rings (SSSR count). The molecule has 0 aromatic heterocycles. The van der Waals surface area contributed by atoms with E-state index in [9.17, 15) is 19.5 Å². The largest absolute Gasteiger partial charge is 0.484 e. The van der Waals surface area contributed by atoms with Crippen molar-refractivity contribution in [1.82, 2.24) is 0 Å². The highest BCUT2D eigenvalue weighted by molar-refractivity contribution is 5.98. The molecule has 0 radical (unpaired) electrons. The lowest BCUT2D eigenvalue weighted by Gasteiger charge is -2.39. The molecule has 0 amide bonds. The minimum absolute atomic E-state index is 0.117. The van der Waals surface area contributed by atoms with E-state index in [4.69, 9.17) is 28.4 Å². The molecule has 0 aromatic rings. The van der Waals surface area contributed by atoms with Gasteiger partial charge in [-0.3, -0.25) is 14.4 Å². The quantitative estimate of drug-likeness (QED) is 0.383. The molecule has 10 heteroatoms. The molecule has 4 aliphatic rings. The first-order chi connectivity index (χ1) is 17.7. The minimum Gasteiger partial charge on any atom is -0.484 e. The second-order valence-electron chi connectivity index (χ2n) is 11.6. The summed E-state index contributed by atoms with van der Waals surface area (Å²) in [5.74, 6) is -4.90. The van der Waals surface area contributed by atoms with Gasteiger partial charge < -0.3 is 33.5 Å². The van der Waals surface area contributed by atoms with Crippen LogP contribution in [0, 0.1) is 23.7 Å². The highest BCUT2D eigenvalue weighted by Gasteiger charge is 2.67. The van der Waals surface area contributed by atoms with E-state index in [2.05, 4.69) is 13.2 Å². The summed E-state index contributed by atoms with van der Waals surface area (Å²) in [5.41, 5.74) is -2.02. The third-order valence-electron chi connectivity index (χ3n) is 8.88. The molecule has 1 N–H and O–H groups in total. The Labute approximate surface area is 223 Å². The molecule has 0 bridgehead atoms. The molecule has 10 nitrogen and oxygen atoms in total. The van der Waals surface area contributed by atoms with Crippen molar-refractivity contribution in [2.75, 3.05) is 20.3 Å². The number of hydrogen-bond donors (Lipinski definition) is 1. The van der Waals surface area contributed by atoms with Crippen molar-refractivity contribution in [3.63, 3.8) is 0 Å². The van der Waals surface area contributed by atoms with Gasteiger partial charge in [-0.05, 0) is 52.0 Å². The van der Waals surface area contributed by atoms with Gasteiger partial charge in [0.1, 0.15) is 23.4 Å². The van der Waals surface area contributed by atoms with E-state index in [0.29, 0.717) is 19.3 Å². The Morgan fingerprint density at radius 2 is 1.95 bits per heavy atom. The van der Waals surface area contributed by atoms with Crippen molar-refractivity contribution in [3.8, 4) is 0 Å². The summed E-state index contributed by atoms with van der Waals surface area (Å²) in [7, 11) is 1.34. The average Bonchev–Trinajstić information content (AvgIpc) is 3.53. The molecule has 10 atom stereocenters. The van der Waals surface area contributed by atoms with Crippen molar-refractivity contribution in [2.24, 2.45) is 23.7 Å². The summed E-state index contributed by atoms with van der Waals surface area (Å²) < 4.78 is 35.3. The third-order valence-corrected chi connectivity index (χ3v) is 8.88. The van der Waals surface area contributed by atoms with Crippen molar-refractivity contribution in [3.05, 3.63) is 24.5 Å². The van der Waals surface area contributed by atoms with Crippen LogP contribution in [0.4, 0.5) is 0 Å². The molecular weight excluding hydrogens is 496 g/mol. The summed E-state index contributed by atoms with van der Waals surface area (Å²) in [5, 5.41) is 12.0. The van der Waals surface area contributed by atoms with Gasteiger partial charge in [-0.15, -0.1) is 0 Å². The van der Waals surface area contributed by atoms with E-state index in [0.717, 1.165) is 0 Å². The second kappa shape index (κ2) is 10.0. The molecule has 6 unspecified atom stereocenters. The maximum atomic E-state index is 13.4. The maximum Gasteiger partial charge on any atom is 0.314 e. The lowest BCUT2D eigenvalue weighted by molar-refractivity contribution is -0.230. The average molecular weight is 537 g/mol. The molecule has 212 valence electrons. The van der Waals surface area contributed by atoms with Gasteiger partial charge in [-0.2, -0.15) is 0 Å². The number of carbonyl (C=O) groups excluding carboxylic acids is 3. The van der Waals surface area contributed by atoms with Crippen LogP contribution in [-0.4, -0.2) is 78.5 Å². The Morgan fingerprint density at radius 3 is 2.50 bits per heavy atom. The van der Waals surface area contributed by atoms with Crippen molar-refractivity contribution in [2.45, 2.75) is 89.2 Å². The van der Waals surface area contributed by atoms with Crippen LogP contribution in [0.1, 0.15) is 53.9 Å². The van der Waals surface area contributed by atoms with Crippen LogP contribution >= 0.6 is 0 Å². The molecule has 4 heterocycles. The monoisotopic (exact) mass is 536 g/mol.